The lowest BCUT2D eigenvalue weighted by molar-refractivity contribution is 0.139. The van der Waals surface area contributed by atoms with Crippen LogP contribution in [0.3, 0.4) is 0 Å². The first-order valence-electron chi connectivity index (χ1n) is 12.7. The van der Waals surface area contributed by atoms with Crippen LogP contribution in [0, 0.1) is 23.2 Å². The first-order valence-corrected chi connectivity index (χ1v) is 12.7. The van der Waals surface area contributed by atoms with E-state index >= 15 is 0 Å². The molecule has 0 N–H and O–H groups in total. The highest BCUT2D eigenvalue weighted by molar-refractivity contribution is 5.00. The third-order valence-corrected chi connectivity index (χ3v) is 8.72. The molecule has 3 aliphatic rings. The van der Waals surface area contributed by atoms with E-state index in [0.717, 1.165) is 35.9 Å². The smallest absolute Gasteiger partial charge is 0.0127 e. The lowest BCUT2D eigenvalue weighted by atomic mass is 9.82. The SMILES string of the molecule is CC(C)[C@@H]1C[C@H](CCCC(C)N2CC3(CCCC3)C[C@H]2C(C)C)CN1C(C)C. The average Bonchev–Trinajstić information content (AvgIpc) is 3.34. The van der Waals surface area contributed by atoms with Crippen molar-refractivity contribution in [1.29, 1.82) is 0 Å². The van der Waals surface area contributed by atoms with Gasteiger partial charge in [0, 0.05) is 37.3 Å². The predicted octanol–water partition coefficient (Wildman–Crippen LogP) is 6.59. The Morgan fingerprint density at radius 2 is 1.50 bits per heavy atom. The minimum absolute atomic E-state index is 0.691. The first kappa shape index (κ1) is 22.6. The Labute approximate surface area is 176 Å². The van der Waals surface area contributed by atoms with Gasteiger partial charge in [-0.15, -0.1) is 0 Å². The summed E-state index contributed by atoms with van der Waals surface area (Å²) in [6, 6.07) is 3.13. The van der Waals surface area contributed by atoms with Gasteiger partial charge in [0.25, 0.3) is 0 Å². The van der Waals surface area contributed by atoms with Crippen molar-refractivity contribution in [2.45, 2.75) is 130 Å². The summed E-state index contributed by atoms with van der Waals surface area (Å²) in [5.74, 6) is 2.54. The zero-order valence-electron chi connectivity index (χ0n) is 20.2. The van der Waals surface area contributed by atoms with E-state index in [2.05, 4.69) is 58.3 Å². The Balaban J connectivity index is 1.49. The van der Waals surface area contributed by atoms with Gasteiger partial charge >= 0.3 is 0 Å². The van der Waals surface area contributed by atoms with Gasteiger partial charge in [-0.3, -0.25) is 9.80 Å². The summed E-state index contributed by atoms with van der Waals surface area (Å²) in [6.45, 7) is 19.8. The number of hydrogen-bond acceptors (Lipinski definition) is 2. The summed E-state index contributed by atoms with van der Waals surface area (Å²) >= 11 is 0. The number of likely N-dealkylation sites (tertiary alicyclic amines) is 2. The summed E-state index contributed by atoms with van der Waals surface area (Å²) in [7, 11) is 0. The van der Waals surface area contributed by atoms with Crippen molar-refractivity contribution >= 4 is 0 Å². The van der Waals surface area contributed by atoms with E-state index in [1.54, 1.807) is 0 Å². The van der Waals surface area contributed by atoms with Crippen LogP contribution in [0.15, 0.2) is 0 Å². The van der Waals surface area contributed by atoms with E-state index in [4.69, 9.17) is 0 Å². The van der Waals surface area contributed by atoms with Crippen LogP contribution < -0.4 is 0 Å². The molecule has 2 aliphatic heterocycles. The molecule has 2 heterocycles. The molecule has 164 valence electrons. The van der Waals surface area contributed by atoms with Crippen LogP contribution in [0.2, 0.25) is 0 Å². The fourth-order valence-electron chi connectivity index (χ4n) is 7.03. The molecule has 0 aromatic carbocycles. The van der Waals surface area contributed by atoms with Crippen LogP contribution in [0.25, 0.3) is 0 Å². The monoisotopic (exact) mass is 390 g/mol. The molecule has 0 aromatic rings. The minimum atomic E-state index is 0.691. The fourth-order valence-corrected chi connectivity index (χ4v) is 7.03. The minimum Gasteiger partial charge on any atom is -0.297 e. The van der Waals surface area contributed by atoms with E-state index in [1.165, 1.54) is 70.9 Å². The second-order valence-electron chi connectivity index (χ2n) is 11.9. The molecule has 0 aromatic heterocycles. The van der Waals surface area contributed by atoms with Gasteiger partial charge < -0.3 is 0 Å². The zero-order valence-corrected chi connectivity index (χ0v) is 20.2. The Kier molecular flexibility index (Phi) is 7.57. The zero-order chi connectivity index (χ0) is 20.5. The van der Waals surface area contributed by atoms with Crippen LogP contribution in [0.1, 0.15) is 106 Å². The Hall–Kier alpha value is -0.0800. The fraction of sp³-hybridized carbons (Fsp3) is 1.00. The van der Waals surface area contributed by atoms with Gasteiger partial charge in [0.1, 0.15) is 0 Å². The first-order chi connectivity index (χ1) is 13.2. The molecule has 1 unspecified atom stereocenters. The summed E-state index contributed by atoms with van der Waals surface area (Å²) in [5, 5.41) is 0. The second-order valence-corrected chi connectivity index (χ2v) is 11.9. The van der Waals surface area contributed by atoms with Gasteiger partial charge in [0.2, 0.25) is 0 Å². The van der Waals surface area contributed by atoms with E-state index in [9.17, 15) is 0 Å². The maximum Gasteiger partial charge on any atom is 0.0127 e. The maximum atomic E-state index is 2.95. The third kappa shape index (κ3) is 4.97. The lowest BCUT2D eigenvalue weighted by Gasteiger charge is -2.33. The van der Waals surface area contributed by atoms with Crippen LogP contribution in [0.4, 0.5) is 0 Å². The highest BCUT2D eigenvalue weighted by atomic mass is 15.2. The Morgan fingerprint density at radius 3 is 2.04 bits per heavy atom. The third-order valence-electron chi connectivity index (χ3n) is 8.72. The normalized spacial score (nSPS) is 32.6. The van der Waals surface area contributed by atoms with Gasteiger partial charge in [0.05, 0.1) is 0 Å². The predicted molar refractivity (Wildman–Crippen MR) is 123 cm³/mol. The van der Waals surface area contributed by atoms with Gasteiger partial charge in [-0.25, -0.2) is 0 Å². The van der Waals surface area contributed by atoms with Crippen LogP contribution >= 0.6 is 0 Å². The summed E-state index contributed by atoms with van der Waals surface area (Å²) < 4.78 is 0. The number of rotatable bonds is 8. The molecule has 3 rings (SSSR count). The van der Waals surface area contributed by atoms with E-state index in [1.807, 2.05) is 0 Å². The van der Waals surface area contributed by atoms with Crippen LogP contribution in [0.5, 0.6) is 0 Å². The molecule has 2 saturated heterocycles. The molecule has 0 radical (unpaired) electrons. The average molecular weight is 391 g/mol. The number of nitrogens with zero attached hydrogens (tertiary/aromatic N) is 2. The highest BCUT2D eigenvalue weighted by Gasteiger charge is 2.47. The molecule has 1 aliphatic carbocycles. The van der Waals surface area contributed by atoms with Gasteiger partial charge in [0.15, 0.2) is 0 Å². The van der Waals surface area contributed by atoms with Crippen molar-refractivity contribution in [3.8, 4) is 0 Å². The molecule has 0 amide bonds. The Bertz CT molecular complexity index is 461. The lowest BCUT2D eigenvalue weighted by Crippen LogP contribution is -2.40. The molecule has 1 spiro atoms. The molecule has 3 fully saturated rings. The van der Waals surface area contributed by atoms with Crippen molar-refractivity contribution in [3.05, 3.63) is 0 Å². The summed E-state index contributed by atoms with van der Waals surface area (Å²) in [6.07, 6.45) is 13.2. The van der Waals surface area contributed by atoms with Crippen molar-refractivity contribution < 1.29 is 0 Å². The van der Waals surface area contributed by atoms with Crippen molar-refractivity contribution in [2.24, 2.45) is 23.2 Å². The topological polar surface area (TPSA) is 6.48 Å². The summed E-state index contributed by atoms with van der Waals surface area (Å²) in [4.78, 5) is 5.74. The molecule has 2 heteroatoms. The van der Waals surface area contributed by atoms with Gasteiger partial charge in [-0.05, 0) is 82.5 Å². The molecule has 0 bridgehead atoms. The van der Waals surface area contributed by atoms with Crippen molar-refractivity contribution in [2.75, 3.05) is 13.1 Å². The maximum absolute atomic E-state index is 2.95. The largest absolute Gasteiger partial charge is 0.297 e. The standard InChI is InChI=1S/C26H50N2/c1-19(2)24-15-23(17-27(24)21(5)6)12-10-11-22(7)28-18-26(13-8-9-14-26)16-25(28)20(3)4/h19-25H,8-18H2,1-7H3/t22?,23-,24-,25-/m0/s1. The van der Waals surface area contributed by atoms with Crippen LogP contribution in [-0.4, -0.2) is 47.1 Å². The highest BCUT2D eigenvalue weighted by Crippen LogP contribution is 2.50. The molecule has 4 atom stereocenters. The van der Waals surface area contributed by atoms with Gasteiger partial charge in [-0.2, -0.15) is 0 Å². The van der Waals surface area contributed by atoms with Crippen molar-refractivity contribution in [3.63, 3.8) is 0 Å². The second kappa shape index (κ2) is 9.38. The van der Waals surface area contributed by atoms with E-state index in [0.29, 0.717) is 11.5 Å². The van der Waals surface area contributed by atoms with Crippen LogP contribution in [-0.2, 0) is 0 Å². The molecule has 28 heavy (non-hydrogen) atoms. The van der Waals surface area contributed by atoms with Gasteiger partial charge in [-0.1, -0.05) is 47.0 Å². The quantitative estimate of drug-likeness (QED) is 0.461. The molecule has 1 saturated carbocycles. The molecular weight excluding hydrogens is 340 g/mol. The number of hydrogen-bond donors (Lipinski definition) is 0. The van der Waals surface area contributed by atoms with E-state index < -0.39 is 0 Å². The summed E-state index contributed by atoms with van der Waals surface area (Å²) in [5.41, 5.74) is 0.691. The molecule has 2 nitrogen and oxygen atoms in total. The molecular formula is C26H50N2. The van der Waals surface area contributed by atoms with E-state index in [-0.39, 0.29) is 0 Å². The Morgan fingerprint density at radius 1 is 0.857 bits per heavy atom. The van der Waals surface area contributed by atoms with Crippen molar-refractivity contribution in [1.82, 2.24) is 9.80 Å².